The average molecular weight is 338 g/mol. The molecule has 1 aromatic heterocycles. The van der Waals surface area contributed by atoms with Gasteiger partial charge < -0.3 is 5.32 Å². The monoisotopic (exact) mass is 338 g/mol. The summed E-state index contributed by atoms with van der Waals surface area (Å²) in [7, 11) is -3.56. The number of carbonyl (C=O) groups excluding carboxylic acids is 1. The average Bonchev–Trinajstić information content (AvgIpc) is 3.00. The van der Waals surface area contributed by atoms with Crippen molar-refractivity contribution in [3.8, 4) is 0 Å². The van der Waals surface area contributed by atoms with E-state index in [0.29, 0.717) is 10.4 Å². The maximum atomic E-state index is 12.3. The maximum Gasteiger partial charge on any atom is 0.261 e. The van der Waals surface area contributed by atoms with E-state index in [1.165, 1.54) is 11.3 Å². The zero-order valence-corrected chi connectivity index (χ0v) is 14.1. The van der Waals surface area contributed by atoms with Crippen molar-refractivity contribution in [1.29, 1.82) is 0 Å². The van der Waals surface area contributed by atoms with E-state index in [1.807, 2.05) is 18.4 Å². The fourth-order valence-corrected chi connectivity index (χ4v) is 3.93. The summed E-state index contributed by atoms with van der Waals surface area (Å²) in [6, 6.07) is 8.81. The molecule has 2 N–H and O–H groups in total. The topological polar surface area (TPSA) is 75.3 Å². The molecule has 2 aromatic rings. The third-order valence-electron chi connectivity index (χ3n) is 3.08. The minimum absolute atomic E-state index is 0.146. The van der Waals surface area contributed by atoms with Crippen LogP contribution in [0, 0.1) is 13.8 Å². The summed E-state index contributed by atoms with van der Waals surface area (Å²) in [6.07, 6.45) is 0. The predicted molar refractivity (Wildman–Crippen MR) is 87.8 cm³/mol. The number of benzene rings is 1. The van der Waals surface area contributed by atoms with E-state index in [9.17, 15) is 13.2 Å². The molecule has 1 aromatic carbocycles. The molecule has 0 saturated carbocycles. The number of aryl methyl sites for hydroxylation is 2. The highest BCUT2D eigenvalue weighted by atomic mass is 32.2. The van der Waals surface area contributed by atoms with Crippen LogP contribution in [0.2, 0.25) is 0 Å². The van der Waals surface area contributed by atoms with Crippen molar-refractivity contribution in [1.82, 2.24) is 10.0 Å². The predicted octanol–water partition coefficient (Wildman–Crippen LogP) is 2.07. The molecule has 0 saturated heterocycles. The summed E-state index contributed by atoms with van der Waals surface area (Å²) in [6.45, 7) is 3.99. The van der Waals surface area contributed by atoms with Crippen molar-refractivity contribution in [2.24, 2.45) is 0 Å². The third kappa shape index (κ3) is 4.16. The fourth-order valence-electron chi connectivity index (χ4n) is 1.93. The molecule has 1 amide bonds. The Kier molecular flexibility index (Phi) is 5.33. The summed E-state index contributed by atoms with van der Waals surface area (Å²) < 4.78 is 27.0. The SMILES string of the molecule is Cc1ccc(C)c(S(=O)(=O)NCCNC(=O)c2cccs2)c1. The first-order valence-corrected chi connectivity index (χ1v) is 9.15. The van der Waals surface area contributed by atoms with Crippen LogP contribution in [-0.4, -0.2) is 27.4 Å². The number of rotatable bonds is 6. The molecule has 0 unspecified atom stereocenters. The zero-order valence-electron chi connectivity index (χ0n) is 12.4. The number of carbonyl (C=O) groups is 1. The lowest BCUT2D eigenvalue weighted by Crippen LogP contribution is -2.34. The smallest absolute Gasteiger partial charge is 0.261 e. The minimum atomic E-state index is -3.56. The largest absolute Gasteiger partial charge is 0.350 e. The highest BCUT2D eigenvalue weighted by Crippen LogP contribution is 2.16. The van der Waals surface area contributed by atoms with E-state index < -0.39 is 10.0 Å². The lowest BCUT2D eigenvalue weighted by Gasteiger charge is -2.10. The molecule has 0 fully saturated rings. The van der Waals surface area contributed by atoms with Crippen molar-refractivity contribution in [2.75, 3.05) is 13.1 Å². The molecule has 0 atom stereocenters. The summed E-state index contributed by atoms with van der Waals surface area (Å²) in [5.74, 6) is -0.194. The quantitative estimate of drug-likeness (QED) is 0.792. The van der Waals surface area contributed by atoms with Gasteiger partial charge in [0.2, 0.25) is 10.0 Å². The summed E-state index contributed by atoms with van der Waals surface area (Å²) in [4.78, 5) is 12.6. The maximum absolute atomic E-state index is 12.3. The lowest BCUT2D eigenvalue weighted by atomic mass is 10.2. The minimum Gasteiger partial charge on any atom is -0.350 e. The molecule has 5 nitrogen and oxygen atoms in total. The van der Waals surface area contributed by atoms with E-state index in [0.717, 1.165) is 5.56 Å². The Labute approximate surface area is 134 Å². The molecule has 118 valence electrons. The zero-order chi connectivity index (χ0) is 16.2. The van der Waals surface area contributed by atoms with Crippen LogP contribution in [0.15, 0.2) is 40.6 Å². The molecule has 0 aliphatic heterocycles. The normalized spacial score (nSPS) is 11.4. The first-order chi connectivity index (χ1) is 10.4. The summed E-state index contributed by atoms with van der Waals surface area (Å²) in [5.41, 5.74) is 1.58. The Morgan fingerprint density at radius 3 is 2.64 bits per heavy atom. The highest BCUT2D eigenvalue weighted by Gasteiger charge is 2.16. The van der Waals surface area contributed by atoms with Crippen LogP contribution in [0.3, 0.4) is 0 Å². The van der Waals surface area contributed by atoms with Crippen LogP contribution in [0.5, 0.6) is 0 Å². The molecule has 0 aliphatic carbocycles. The molecule has 7 heteroatoms. The van der Waals surface area contributed by atoms with Crippen molar-refractivity contribution in [3.63, 3.8) is 0 Å². The molecular weight excluding hydrogens is 320 g/mol. The Morgan fingerprint density at radius 2 is 1.95 bits per heavy atom. The molecule has 0 bridgehead atoms. The van der Waals surface area contributed by atoms with Gasteiger partial charge in [-0.2, -0.15) is 0 Å². The molecule has 22 heavy (non-hydrogen) atoms. The Hall–Kier alpha value is -1.70. The first kappa shape index (κ1) is 16.7. The Bertz CT molecular complexity index is 753. The van der Waals surface area contributed by atoms with Gasteiger partial charge in [-0.25, -0.2) is 13.1 Å². The van der Waals surface area contributed by atoms with Crippen LogP contribution in [-0.2, 0) is 10.0 Å². The van der Waals surface area contributed by atoms with Gasteiger partial charge in [0.05, 0.1) is 9.77 Å². The Morgan fingerprint density at radius 1 is 1.18 bits per heavy atom. The van der Waals surface area contributed by atoms with Crippen LogP contribution < -0.4 is 10.0 Å². The van der Waals surface area contributed by atoms with Crippen molar-refractivity contribution in [3.05, 3.63) is 51.7 Å². The van der Waals surface area contributed by atoms with Crippen LogP contribution >= 0.6 is 11.3 Å². The van der Waals surface area contributed by atoms with Crippen molar-refractivity contribution >= 4 is 27.3 Å². The second kappa shape index (κ2) is 7.04. The molecule has 0 spiro atoms. The van der Waals surface area contributed by atoms with Gasteiger partial charge in [-0.05, 0) is 42.5 Å². The van der Waals surface area contributed by atoms with Gasteiger partial charge in [0, 0.05) is 13.1 Å². The van der Waals surface area contributed by atoms with E-state index in [2.05, 4.69) is 10.0 Å². The molecular formula is C15H18N2O3S2. The van der Waals surface area contributed by atoms with Gasteiger partial charge >= 0.3 is 0 Å². The third-order valence-corrected chi connectivity index (χ3v) is 5.55. The molecule has 1 heterocycles. The van der Waals surface area contributed by atoms with Crippen molar-refractivity contribution in [2.45, 2.75) is 18.7 Å². The molecule has 0 radical (unpaired) electrons. The number of amides is 1. The van der Waals surface area contributed by atoms with Gasteiger partial charge in [0.25, 0.3) is 5.91 Å². The fraction of sp³-hybridized carbons (Fsp3) is 0.267. The van der Waals surface area contributed by atoms with E-state index in [4.69, 9.17) is 0 Å². The number of sulfonamides is 1. The number of thiophene rings is 1. The number of hydrogen-bond donors (Lipinski definition) is 2. The van der Waals surface area contributed by atoms with Crippen LogP contribution in [0.4, 0.5) is 0 Å². The van der Waals surface area contributed by atoms with Gasteiger partial charge in [-0.3, -0.25) is 4.79 Å². The van der Waals surface area contributed by atoms with E-state index in [-0.39, 0.29) is 23.9 Å². The first-order valence-electron chi connectivity index (χ1n) is 6.79. The van der Waals surface area contributed by atoms with Gasteiger partial charge in [0.15, 0.2) is 0 Å². The van der Waals surface area contributed by atoms with Crippen LogP contribution in [0.1, 0.15) is 20.8 Å². The van der Waals surface area contributed by atoms with E-state index in [1.54, 1.807) is 31.2 Å². The second-order valence-corrected chi connectivity index (χ2v) is 7.58. The highest BCUT2D eigenvalue weighted by molar-refractivity contribution is 7.89. The summed E-state index contributed by atoms with van der Waals surface area (Å²) >= 11 is 1.34. The summed E-state index contributed by atoms with van der Waals surface area (Å²) in [5, 5.41) is 4.50. The standard InChI is InChI=1S/C15H18N2O3S2/c1-11-5-6-12(2)14(10-11)22(19,20)17-8-7-16-15(18)13-4-3-9-21-13/h3-6,9-10,17H,7-8H2,1-2H3,(H,16,18). The molecule has 2 rings (SSSR count). The van der Waals surface area contributed by atoms with Crippen molar-refractivity contribution < 1.29 is 13.2 Å². The second-order valence-electron chi connectivity index (χ2n) is 4.90. The number of nitrogens with one attached hydrogen (secondary N) is 2. The lowest BCUT2D eigenvalue weighted by molar-refractivity contribution is 0.0958. The van der Waals surface area contributed by atoms with Gasteiger partial charge in [-0.1, -0.05) is 18.2 Å². The molecule has 0 aliphatic rings. The van der Waals surface area contributed by atoms with Crippen LogP contribution in [0.25, 0.3) is 0 Å². The van der Waals surface area contributed by atoms with Gasteiger partial charge in [-0.15, -0.1) is 11.3 Å². The Balaban J connectivity index is 1.90. The van der Waals surface area contributed by atoms with E-state index >= 15 is 0 Å². The number of hydrogen-bond acceptors (Lipinski definition) is 4. The van der Waals surface area contributed by atoms with Gasteiger partial charge in [0.1, 0.15) is 0 Å².